The number of pyridine rings is 1. The minimum absolute atomic E-state index is 0.148. The Kier molecular flexibility index (Phi) is 4.38. The fraction of sp³-hybridized carbons (Fsp3) is 0.562. The third kappa shape index (κ3) is 3.11. The Balaban J connectivity index is 1.71. The Labute approximate surface area is 135 Å². The largest absolute Gasteiger partial charge is 0.341 e. The lowest BCUT2D eigenvalue weighted by Crippen LogP contribution is -2.45. The van der Waals surface area contributed by atoms with E-state index >= 15 is 0 Å². The number of nitrogens with zero attached hydrogens (tertiary/aromatic N) is 4. The van der Waals surface area contributed by atoms with Gasteiger partial charge >= 0.3 is 0 Å². The van der Waals surface area contributed by atoms with Gasteiger partial charge in [-0.25, -0.2) is 0 Å². The molecule has 118 valence electrons. The van der Waals surface area contributed by atoms with Crippen LogP contribution in [-0.2, 0) is 4.79 Å². The summed E-state index contributed by atoms with van der Waals surface area (Å²) in [5.74, 6) is 1.37. The van der Waals surface area contributed by atoms with Crippen LogP contribution >= 0.6 is 11.8 Å². The van der Waals surface area contributed by atoms with E-state index in [9.17, 15) is 4.79 Å². The van der Waals surface area contributed by atoms with Crippen LogP contribution in [0.4, 0.5) is 0 Å². The van der Waals surface area contributed by atoms with Gasteiger partial charge in [0.25, 0.3) is 0 Å². The van der Waals surface area contributed by atoms with Crippen molar-refractivity contribution in [1.29, 1.82) is 0 Å². The quantitative estimate of drug-likeness (QED) is 0.817. The molecule has 3 heterocycles. The molecule has 1 aliphatic heterocycles. The number of thioether (sulfide) groups is 1. The summed E-state index contributed by atoms with van der Waals surface area (Å²) in [6.45, 7) is 8.14. The summed E-state index contributed by atoms with van der Waals surface area (Å²) in [7, 11) is 0. The molecule has 6 heteroatoms. The maximum absolute atomic E-state index is 12.7. The van der Waals surface area contributed by atoms with Crippen LogP contribution in [0.2, 0.25) is 0 Å². The maximum Gasteiger partial charge on any atom is 0.235 e. The SMILES string of the molecule is C[C@@H]1C[C@H](C)CN(C(=O)[C@@H](C)Sc2nnc3ccccn23)C1. The zero-order valence-electron chi connectivity index (χ0n) is 13.3. The molecule has 3 atom stereocenters. The topological polar surface area (TPSA) is 50.5 Å². The van der Waals surface area contributed by atoms with Gasteiger partial charge in [-0.2, -0.15) is 0 Å². The van der Waals surface area contributed by atoms with Crippen molar-refractivity contribution in [1.82, 2.24) is 19.5 Å². The number of hydrogen-bond donors (Lipinski definition) is 0. The molecule has 0 aliphatic carbocycles. The van der Waals surface area contributed by atoms with Crippen LogP contribution in [0.1, 0.15) is 27.2 Å². The Morgan fingerprint density at radius 2 is 2.00 bits per heavy atom. The molecule has 1 amide bonds. The Hall–Kier alpha value is -1.56. The highest BCUT2D eigenvalue weighted by atomic mass is 32.2. The van der Waals surface area contributed by atoms with E-state index in [1.54, 1.807) is 0 Å². The molecule has 2 aromatic heterocycles. The Morgan fingerprint density at radius 3 is 2.73 bits per heavy atom. The summed E-state index contributed by atoms with van der Waals surface area (Å²) in [6, 6.07) is 5.79. The number of piperidine rings is 1. The van der Waals surface area contributed by atoms with E-state index in [4.69, 9.17) is 0 Å². The van der Waals surface area contributed by atoms with E-state index in [0.29, 0.717) is 11.8 Å². The Bertz CT molecular complexity index is 661. The van der Waals surface area contributed by atoms with Gasteiger partial charge in [-0.15, -0.1) is 10.2 Å². The number of fused-ring (bicyclic) bond motifs is 1. The summed E-state index contributed by atoms with van der Waals surface area (Å²) in [5, 5.41) is 8.96. The van der Waals surface area contributed by atoms with Gasteiger partial charge in [-0.3, -0.25) is 9.20 Å². The van der Waals surface area contributed by atoms with Crippen LogP contribution in [0, 0.1) is 11.8 Å². The average Bonchev–Trinajstić information content (AvgIpc) is 2.89. The number of hydrogen-bond acceptors (Lipinski definition) is 4. The Morgan fingerprint density at radius 1 is 1.27 bits per heavy atom. The van der Waals surface area contributed by atoms with E-state index in [-0.39, 0.29) is 11.2 Å². The van der Waals surface area contributed by atoms with Gasteiger partial charge in [0, 0.05) is 19.3 Å². The molecule has 0 spiro atoms. The van der Waals surface area contributed by atoms with Crippen molar-refractivity contribution >= 4 is 23.3 Å². The van der Waals surface area contributed by atoms with Gasteiger partial charge in [-0.05, 0) is 37.3 Å². The van der Waals surface area contributed by atoms with Crippen LogP contribution in [0.5, 0.6) is 0 Å². The standard InChI is InChI=1S/C16H22N4OS/c1-11-8-12(2)10-19(9-11)15(21)13(3)22-16-18-17-14-6-4-5-7-20(14)16/h4-7,11-13H,8-10H2,1-3H3/t11-,12+,13-/m1/s1. The molecule has 2 aromatic rings. The molecule has 0 saturated carbocycles. The van der Waals surface area contributed by atoms with Crippen molar-refractivity contribution in [2.24, 2.45) is 11.8 Å². The number of aromatic nitrogens is 3. The monoisotopic (exact) mass is 318 g/mol. The molecule has 1 aliphatic rings. The number of carbonyl (C=O) groups is 1. The molecule has 0 bridgehead atoms. The zero-order valence-corrected chi connectivity index (χ0v) is 14.1. The van der Waals surface area contributed by atoms with E-state index in [0.717, 1.165) is 23.9 Å². The van der Waals surface area contributed by atoms with Gasteiger partial charge < -0.3 is 4.90 Å². The van der Waals surface area contributed by atoms with Crippen molar-refractivity contribution < 1.29 is 4.79 Å². The van der Waals surface area contributed by atoms with Crippen LogP contribution in [0.3, 0.4) is 0 Å². The molecule has 0 aromatic carbocycles. The molecule has 0 radical (unpaired) electrons. The second-order valence-corrected chi connectivity index (χ2v) is 7.67. The highest BCUT2D eigenvalue weighted by Gasteiger charge is 2.29. The number of likely N-dealkylation sites (tertiary alicyclic amines) is 1. The van der Waals surface area contributed by atoms with Crippen molar-refractivity contribution in [3.8, 4) is 0 Å². The lowest BCUT2D eigenvalue weighted by molar-refractivity contribution is -0.132. The van der Waals surface area contributed by atoms with Gasteiger partial charge in [0.2, 0.25) is 5.91 Å². The molecule has 1 fully saturated rings. The van der Waals surface area contributed by atoms with Crippen LogP contribution in [0.25, 0.3) is 5.65 Å². The number of amides is 1. The van der Waals surface area contributed by atoms with Crippen molar-refractivity contribution in [3.63, 3.8) is 0 Å². The molecule has 0 N–H and O–H groups in total. The zero-order chi connectivity index (χ0) is 15.7. The summed E-state index contributed by atoms with van der Waals surface area (Å²) >= 11 is 1.48. The van der Waals surface area contributed by atoms with Gasteiger partial charge in [-0.1, -0.05) is 31.7 Å². The molecule has 3 rings (SSSR count). The molecule has 5 nitrogen and oxygen atoms in total. The van der Waals surface area contributed by atoms with Gasteiger partial charge in [0.05, 0.1) is 5.25 Å². The first-order chi connectivity index (χ1) is 10.5. The van der Waals surface area contributed by atoms with E-state index in [1.807, 2.05) is 40.6 Å². The lowest BCUT2D eigenvalue weighted by Gasteiger charge is -2.36. The summed E-state index contributed by atoms with van der Waals surface area (Å²) in [5.41, 5.74) is 0.810. The summed E-state index contributed by atoms with van der Waals surface area (Å²) < 4.78 is 1.93. The first-order valence-electron chi connectivity index (χ1n) is 7.80. The normalized spacial score (nSPS) is 23.7. The van der Waals surface area contributed by atoms with Crippen LogP contribution in [-0.4, -0.2) is 43.7 Å². The fourth-order valence-corrected chi connectivity index (χ4v) is 4.13. The second-order valence-electron chi connectivity index (χ2n) is 6.36. The second kappa shape index (κ2) is 6.28. The minimum atomic E-state index is -0.148. The van der Waals surface area contributed by atoms with Crippen molar-refractivity contribution in [2.75, 3.05) is 13.1 Å². The average molecular weight is 318 g/mol. The third-order valence-electron chi connectivity index (χ3n) is 4.09. The minimum Gasteiger partial charge on any atom is -0.341 e. The van der Waals surface area contributed by atoms with Crippen molar-refractivity contribution in [2.45, 2.75) is 37.6 Å². The van der Waals surface area contributed by atoms with Crippen molar-refractivity contribution in [3.05, 3.63) is 24.4 Å². The highest BCUT2D eigenvalue weighted by molar-refractivity contribution is 8.00. The predicted octanol–water partition coefficient (Wildman–Crippen LogP) is 2.71. The van der Waals surface area contributed by atoms with E-state index in [1.165, 1.54) is 18.2 Å². The van der Waals surface area contributed by atoms with Crippen LogP contribution in [0.15, 0.2) is 29.6 Å². The smallest absolute Gasteiger partial charge is 0.235 e. The van der Waals surface area contributed by atoms with Crippen LogP contribution < -0.4 is 0 Å². The molecular weight excluding hydrogens is 296 g/mol. The summed E-state index contributed by atoms with van der Waals surface area (Å²) in [4.78, 5) is 14.7. The highest BCUT2D eigenvalue weighted by Crippen LogP contribution is 2.27. The van der Waals surface area contributed by atoms with E-state index < -0.39 is 0 Å². The molecule has 22 heavy (non-hydrogen) atoms. The molecule has 0 unspecified atom stereocenters. The first kappa shape index (κ1) is 15.3. The fourth-order valence-electron chi connectivity index (χ4n) is 3.21. The lowest BCUT2D eigenvalue weighted by atomic mass is 9.92. The third-order valence-corrected chi connectivity index (χ3v) is 5.14. The maximum atomic E-state index is 12.7. The summed E-state index contributed by atoms with van der Waals surface area (Å²) in [6.07, 6.45) is 3.14. The molecule has 1 saturated heterocycles. The van der Waals surface area contributed by atoms with E-state index in [2.05, 4.69) is 24.0 Å². The van der Waals surface area contributed by atoms with Gasteiger partial charge in [0.1, 0.15) is 0 Å². The molecular formula is C16H22N4OS. The first-order valence-corrected chi connectivity index (χ1v) is 8.67. The van der Waals surface area contributed by atoms with Gasteiger partial charge in [0.15, 0.2) is 10.8 Å². The number of rotatable bonds is 3. The predicted molar refractivity (Wildman–Crippen MR) is 87.8 cm³/mol. The number of carbonyl (C=O) groups excluding carboxylic acids is 1.